The fourth-order valence-electron chi connectivity index (χ4n) is 5.03. The molecular weight excluding hydrogens is 492 g/mol. The number of ether oxygens (including phenoxy) is 2. The van der Waals surface area contributed by atoms with Crippen LogP contribution < -0.4 is 14.8 Å². The molecule has 0 fully saturated rings. The van der Waals surface area contributed by atoms with Crippen molar-refractivity contribution < 1.29 is 38.9 Å². The first-order valence-corrected chi connectivity index (χ1v) is 13.0. The molecule has 0 bridgehead atoms. The number of hydrogen-bond donors (Lipinski definition) is 3. The summed E-state index contributed by atoms with van der Waals surface area (Å²) in [4.78, 5) is 51.3. The number of carbonyl (C=O) groups is 4. The number of nitrogens with one attached hydrogen (secondary N) is 1. The predicted molar refractivity (Wildman–Crippen MR) is 139 cm³/mol. The van der Waals surface area contributed by atoms with Crippen LogP contribution >= 0.6 is 0 Å². The molecule has 0 saturated heterocycles. The SMILES string of the molecule is COc1cc(C=O)cc2c1O[C@@H]1[C@@H](O)[C@H](N(CCC(C)C)C(=O)CCCC(C)=O)C=C(C(=O)NCCO)[C@H]21. The summed E-state index contributed by atoms with van der Waals surface area (Å²) in [5.74, 6) is -0.503. The Kier molecular flexibility index (Phi) is 10.0. The van der Waals surface area contributed by atoms with Gasteiger partial charge in [-0.3, -0.25) is 14.4 Å². The molecule has 0 saturated carbocycles. The molecule has 10 nitrogen and oxygen atoms in total. The van der Waals surface area contributed by atoms with Gasteiger partial charge in [0.2, 0.25) is 11.8 Å². The lowest BCUT2D eigenvalue weighted by Crippen LogP contribution is -2.56. The number of aliphatic hydroxyl groups excluding tert-OH is 2. The number of fused-ring (bicyclic) bond motifs is 3. The van der Waals surface area contributed by atoms with E-state index in [0.717, 1.165) is 0 Å². The zero-order chi connectivity index (χ0) is 28.0. The highest BCUT2D eigenvalue weighted by Gasteiger charge is 2.51. The van der Waals surface area contributed by atoms with Crippen LogP contribution in [0.15, 0.2) is 23.8 Å². The number of ketones is 1. The van der Waals surface area contributed by atoms with Crippen molar-refractivity contribution in [3.8, 4) is 11.5 Å². The van der Waals surface area contributed by atoms with Crippen molar-refractivity contribution in [1.82, 2.24) is 10.2 Å². The third-order valence-corrected chi connectivity index (χ3v) is 6.96. The fourth-order valence-corrected chi connectivity index (χ4v) is 5.03. The largest absolute Gasteiger partial charge is 0.493 e. The number of Topliss-reactive ketones (excluding diaryl/α,β-unsaturated/α-hetero) is 1. The van der Waals surface area contributed by atoms with Crippen LogP contribution in [0.1, 0.15) is 68.3 Å². The Hall–Kier alpha value is -3.24. The van der Waals surface area contributed by atoms with Gasteiger partial charge in [-0.05, 0) is 43.9 Å². The van der Waals surface area contributed by atoms with Crippen LogP contribution in [0.3, 0.4) is 0 Å². The van der Waals surface area contributed by atoms with E-state index in [9.17, 15) is 29.4 Å². The molecule has 2 amide bonds. The number of methoxy groups -OCH3 is 1. The number of rotatable bonds is 13. The maximum atomic E-state index is 13.4. The second kappa shape index (κ2) is 13.0. The minimum absolute atomic E-state index is 0.00410. The van der Waals surface area contributed by atoms with E-state index in [-0.39, 0.29) is 49.2 Å². The monoisotopic (exact) mass is 530 g/mol. The number of aldehydes is 1. The molecule has 0 radical (unpaired) electrons. The van der Waals surface area contributed by atoms with E-state index in [0.29, 0.717) is 48.3 Å². The van der Waals surface area contributed by atoms with E-state index in [1.807, 2.05) is 13.8 Å². The van der Waals surface area contributed by atoms with E-state index in [1.54, 1.807) is 17.0 Å². The molecule has 10 heteroatoms. The minimum atomic E-state index is -1.19. The normalized spacial score (nSPS) is 21.6. The zero-order valence-electron chi connectivity index (χ0n) is 22.4. The standard InChI is InChI=1S/C28H38N2O8/c1-16(2)8-10-30(23(34)7-5-6-17(3)33)21-14-20(28(36)29-9-11-31)24-19-12-18(15-32)13-22(37-4)26(19)38-27(24)25(21)35/h12-16,21,24-25,27,31,35H,5-11H2,1-4H3,(H,29,36)/t21-,24+,25+,27+/m1/s1. The molecule has 0 aromatic heterocycles. The van der Waals surface area contributed by atoms with Crippen molar-refractivity contribution in [1.29, 1.82) is 0 Å². The third kappa shape index (κ3) is 6.42. The summed E-state index contributed by atoms with van der Waals surface area (Å²) in [6.45, 7) is 5.65. The quantitative estimate of drug-likeness (QED) is 0.328. The number of aliphatic hydroxyl groups is 2. The van der Waals surface area contributed by atoms with Gasteiger partial charge in [0.25, 0.3) is 0 Å². The van der Waals surface area contributed by atoms with E-state index in [1.165, 1.54) is 20.1 Å². The highest BCUT2D eigenvalue weighted by Crippen LogP contribution is 2.51. The van der Waals surface area contributed by atoms with Crippen molar-refractivity contribution >= 4 is 23.9 Å². The van der Waals surface area contributed by atoms with Crippen molar-refractivity contribution in [3.63, 3.8) is 0 Å². The van der Waals surface area contributed by atoms with Gasteiger partial charge in [0.1, 0.15) is 24.3 Å². The molecule has 4 atom stereocenters. The topological polar surface area (TPSA) is 142 Å². The Balaban J connectivity index is 2.06. The Bertz CT molecular complexity index is 1080. The number of amides is 2. The zero-order valence-corrected chi connectivity index (χ0v) is 22.4. The maximum absolute atomic E-state index is 13.4. The molecule has 1 heterocycles. The highest BCUT2D eigenvalue weighted by molar-refractivity contribution is 5.96. The first-order valence-electron chi connectivity index (χ1n) is 13.0. The minimum Gasteiger partial charge on any atom is -0.493 e. The van der Waals surface area contributed by atoms with E-state index < -0.39 is 30.1 Å². The summed E-state index contributed by atoms with van der Waals surface area (Å²) in [6.07, 6.45) is 1.64. The van der Waals surface area contributed by atoms with Gasteiger partial charge in [-0.2, -0.15) is 0 Å². The molecular formula is C28H38N2O8. The Morgan fingerprint density at radius 3 is 2.58 bits per heavy atom. The molecule has 0 unspecified atom stereocenters. The Morgan fingerprint density at radius 1 is 1.24 bits per heavy atom. The number of benzene rings is 1. The average molecular weight is 531 g/mol. The van der Waals surface area contributed by atoms with Crippen LogP contribution in [0, 0.1) is 5.92 Å². The van der Waals surface area contributed by atoms with Crippen molar-refractivity contribution in [2.45, 2.75) is 70.6 Å². The number of hydrogen-bond acceptors (Lipinski definition) is 8. The van der Waals surface area contributed by atoms with Crippen LogP contribution in [0.2, 0.25) is 0 Å². The van der Waals surface area contributed by atoms with E-state index in [2.05, 4.69) is 5.32 Å². The molecule has 2 aliphatic rings. The third-order valence-electron chi connectivity index (χ3n) is 6.96. The predicted octanol–water partition coefficient (Wildman–Crippen LogP) is 1.76. The van der Waals surface area contributed by atoms with Gasteiger partial charge in [-0.25, -0.2) is 0 Å². The molecule has 0 spiro atoms. The van der Waals surface area contributed by atoms with Gasteiger partial charge in [0.15, 0.2) is 11.5 Å². The van der Waals surface area contributed by atoms with Gasteiger partial charge in [-0.1, -0.05) is 13.8 Å². The van der Waals surface area contributed by atoms with Crippen LogP contribution in [-0.2, 0) is 14.4 Å². The van der Waals surface area contributed by atoms with Gasteiger partial charge >= 0.3 is 0 Å². The van der Waals surface area contributed by atoms with Gasteiger partial charge in [-0.15, -0.1) is 0 Å². The summed E-state index contributed by atoms with van der Waals surface area (Å²) < 4.78 is 11.6. The molecule has 38 heavy (non-hydrogen) atoms. The van der Waals surface area contributed by atoms with Gasteiger partial charge in [0, 0.05) is 42.6 Å². The number of carbonyl (C=O) groups excluding carboxylic acids is 4. The lowest BCUT2D eigenvalue weighted by molar-refractivity contribution is -0.137. The fraction of sp³-hybridized carbons (Fsp3) is 0.571. The molecule has 1 aliphatic carbocycles. The average Bonchev–Trinajstić information content (AvgIpc) is 3.27. The second-order valence-electron chi connectivity index (χ2n) is 10.2. The highest BCUT2D eigenvalue weighted by atomic mass is 16.5. The summed E-state index contributed by atoms with van der Waals surface area (Å²) in [7, 11) is 1.44. The summed E-state index contributed by atoms with van der Waals surface area (Å²) >= 11 is 0. The Morgan fingerprint density at radius 2 is 1.97 bits per heavy atom. The Labute approximate surface area is 223 Å². The lowest BCUT2D eigenvalue weighted by Gasteiger charge is -2.41. The van der Waals surface area contributed by atoms with Gasteiger partial charge < -0.3 is 34.7 Å². The first kappa shape index (κ1) is 29.3. The molecule has 1 aromatic carbocycles. The van der Waals surface area contributed by atoms with E-state index in [4.69, 9.17) is 9.47 Å². The van der Waals surface area contributed by atoms with E-state index >= 15 is 0 Å². The van der Waals surface area contributed by atoms with Crippen LogP contribution in [0.25, 0.3) is 0 Å². The van der Waals surface area contributed by atoms with Gasteiger partial charge in [0.05, 0.1) is 25.7 Å². The lowest BCUT2D eigenvalue weighted by atomic mass is 9.77. The summed E-state index contributed by atoms with van der Waals surface area (Å²) in [5.41, 5.74) is 1.13. The smallest absolute Gasteiger partial charge is 0.247 e. The molecule has 3 rings (SSSR count). The second-order valence-corrected chi connectivity index (χ2v) is 10.2. The van der Waals surface area contributed by atoms with Crippen LogP contribution in [0.4, 0.5) is 0 Å². The van der Waals surface area contributed by atoms with Crippen molar-refractivity contribution in [2.75, 3.05) is 26.8 Å². The van der Waals surface area contributed by atoms with Crippen molar-refractivity contribution in [2.24, 2.45) is 5.92 Å². The molecule has 3 N–H and O–H groups in total. The maximum Gasteiger partial charge on any atom is 0.247 e. The van der Waals surface area contributed by atoms with Crippen LogP contribution in [-0.4, -0.2) is 84.1 Å². The summed E-state index contributed by atoms with van der Waals surface area (Å²) in [6, 6.07) is 2.27. The number of nitrogens with zero attached hydrogens (tertiary/aromatic N) is 1. The van der Waals surface area contributed by atoms with Crippen molar-refractivity contribution in [3.05, 3.63) is 34.9 Å². The first-order chi connectivity index (χ1) is 18.1. The molecule has 1 aliphatic heterocycles. The summed E-state index contributed by atoms with van der Waals surface area (Å²) in [5, 5.41) is 23.5. The van der Waals surface area contributed by atoms with Crippen LogP contribution in [0.5, 0.6) is 11.5 Å². The molecule has 1 aromatic rings. The molecule has 208 valence electrons.